The number of H-pyrrole nitrogens is 1. The summed E-state index contributed by atoms with van der Waals surface area (Å²) in [5.74, 6) is -1.08. The zero-order valence-electron chi connectivity index (χ0n) is 19.1. The van der Waals surface area contributed by atoms with Crippen molar-refractivity contribution in [2.45, 2.75) is 76.4 Å². The maximum atomic E-state index is 13.4. The number of aliphatic hydroxyl groups excluding tert-OH is 2. The molecule has 2 heterocycles. The van der Waals surface area contributed by atoms with Crippen molar-refractivity contribution >= 4 is 0 Å². The van der Waals surface area contributed by atoms with E-state index in [1.807, 2.05) is 25.1 Å². The van der Waals surface area contributed by atoms with Crippen LogP contribution in [0.15, 0.2) is 30.4 Å². The Morgan fingerprint density at radius 2 is 2.15 bits per heavy atom. The summed E-state index contributed by atoms with van der Waals surface area (Å²) in [7, 11) is 0. The van der Waals surface area contributed by atoms with E-state index in [1.165, 1.54) is 6.08 Å². The van der Waals surface area contributed by atoms with Crippen molar-refractivity contribution in [1.82, 2.24) is 20.6 Å². The lowest BCUT2D eigenvalue weighted by molar-refractivity contribution is -0.195. The van der Waals surface area contributed by atoms with Crippen molar-refractivity contribution in [3.63, 3.8) is 0 Å². The van der Waals surface area contributed by atoms with E-state index in [4.69, 9.17) is 4.74 Å². The van der Waals surface area contributed by atoms with Crippen LogP contribution in [0.25, 0.3) is 11.4 Å². The molecule has 186 valence electrons. The molecule has 1 fully saturated rings. The molecule has 6 atom stereocenters. The van der Waals surface area contributed by atoms with Crippen molar-refractivity contribution in [3.05, 3.63) is 35.9 Å². The second-order valence-electron chi connectivity index (χ2n) is 9.32. The molecule has 0 spiro atoms. The van der Waals surface area contributed by atoms with E-state index in [0.717, 1.165) is 30.4 Å². The van der Waals surface area contributed by atoms with Crippen LogP contribution in [0.5, 0.6) is 5.75 Å². The Morgan fingerprint density at radius 3 is 2.85 bits per heavy atom. The highest BCUT2D eigenvalue weighted by molar-refractivity contribution is 5.58. The highest BCUT2D eigenvalue weighted by atomic mass is 19.4. The molecule has 7 nitrogen and oxygen atoms in total. The maximum Gasteiger partial charge on any atom is 0.394 e. The molecule has 1 aliphatic heterocycles. The van der Waals surface area contributed by atoms with Crippen LogP contribution in [-0.4, -0.2) is 55.3 Å². The molecule has 10 heteroatoms. The summed E-state index contributed by atoms with van der Waals surface area (Å²) in [4.78, 5) is 0. The average molecular weight is 481 g/mol. The number of ether oxygens (including phenoxy) is 1. The van der Waals surface area contributed by atoms with Crippen LogP contribution in [0.2, 0.25) is 0 Å². The van der Waals surface area contributed by atoms with Gasteiger partial charge >= 0.3 is 6.18 Å². The standard InChI is InChI=1S/C24H31F3N4O3/c1-2-3-7-18(24(25,26)27)19(32)11-10-16-17-6-4-5-14-8-9-15(23-28-30-31-29-23)12-21(14)34-22(17)13-20(16)33/h8-12,16-20,22,32-33H,2-7,13H2,1H3,(H,28,29,30,31)/b11-10+/t16-,17-,18?,19?,20-,22+/m1/s1. The van der Waals surface area contributed by atoms with Gasteiger partial charge in [0.2, 0.25) is 5.82 Å². The highest BCUT2D eigenvalue weighted by Crippen LogP contribution is 2.43. The minimum Gasteiger partial charge on any atom is -0.490 e. The maximum absolute atomic E-state index is 13.4. The Kier molecular flexibility index (Phi) is 7.57. The topological polar surface area (TPSA) is 104 Å². The number of halogens is 3. The number of benzene rings is 1. The number of aryl methyl sites for hydroxylation is 1. The number of aliphatic hydroxyl groups is 2. The third kappa shape index (κ3) is 5.43. The van der Waals surface area contributed by atoms with Crippen LogP contribution >= 0.6 is 0 Å². The molecule has 1 saturated carbocycles. The molecule has 0 radical (unpaired) electrons. The Morgan fingerprint density at radius 1 is 1.32 bits per heavy atom. The average Bonchev–Trinajstić information content (AvgIpc) is 3.40. The molecule has 1 aromatic carbocycles. The number of nitrogens with one attached hydrogen (secondary N) is 1. The van der Waals surface area contributed by atoms with Gasteiger partial charge in [0.05, 0.1) is 18.1 Å². The largest absolute Gasteiger partial charge is 0.490 e. The molecular formula is C24H31F3N4O3. The quantitative estimate of drug-likeness (QED) is 0.513. The number of hydrogen-bond donors (Lipinski definition) is 3. The first-order chi connectivity index (χ1) is 16.3. The van der Waals surface area contributed by atoms with E-state index >= 15 is 0 Å². The second kappa shape index (κ2) is 10.4. The van der Waals surface area contributed by atoms with Crippen molar-refractivity contribution in [1.29, 1.82) is 0 Å². The van der Waals surface area contributed by atoms with E-state index in [2.05, 4.69) is 20.6 Å². The number of tetrazole rings is 1. The summed E-state index contributed by atoms with van der Waals surface area (Å²) in [6.45, 7) is 1.82. The van der Waals surface area contributed by atoms with Crippen molar-refractivity contribution in [3.8, 4) is 17.1 Å². The summed E-state index contributed by atoms with van der Waals surface area (Å²) in [6, 6.07) is 5.76. The summed E-state index contributed by atoms with van der Waals surface area (Å²) in [5.41, 5.74) is 1.81. The zero-order valence-corrected chi connectivity index (χ0v) is 19.1. The first-order valence-electron chi connectivity index (χ1n) is 11.9. The second-order valence-corrected chi connectivity index (χ2v) is 9.32. The van der Waals surface area contributed by atoms with Gasteiger partial charge in [-0.2, -0.15) is 18.4 Å². The summed E-state index contributed by atoms with van der Waals surface area (Å²) in [6.07, 6.45) is -0.632. The van der Waals surface area contributed by atoms with E-state index in [0.29, 0.717) is 30.8 Å². The fraction of sp³-hybridized carbons (Fsp3) is 0.625. The third-order valence-corrected chi connectivity index (χ3v) is 7.05. The van der Waals surface area contributed by atoms with Gasteiger partial charge in [-0.1, -0.05) is 44.1 Å². The van der Waals surface area contributed by atoms with Gasteiger partial charge in [0, 0.05) is 23.8 Å². The van der Waals surface area contributed by atoms with Gasteiger partial charge in [0.1, 0.15) is 11.9 Å². The predicted molar refractivity (Wildman–Crippen MR) is 119 cm³/mol. The van der Waals surface area contributed by atoms with Crippen LogP contribution in [-0.2, 0) is 6.42 Å². The van der Waals surface area contributed by atoms with E-state index in [1.54, 1.807) is 6.08 Å². The number of rotatable bonds is 7. The van der Waals surface area contributed by atoms with Gasteiger partial charge in [-0.05, 0) is 42.5 Å². The van der Waals surface area contributed by atoms with E-state index < -0.39 is 24.3 Å². The molecule has 3 N–H and O–H groups in total. The lowest BCUT2D eigenvalue weighted by Gasteiger charge is -2.28. The molecule has 0 amide bonds. The molecule has 2 aromatic rings. The minimum atomic E-state index is -4.47. The molecule has 0 bridgehead atoms. The number of alkyl halides is 3. The fourth-order valence-electron chi connectivity index (χ4n) is 5.20. The number of aromatic nitrogens is 4. The van der Waals surface area contributed by atoms with E-state index in [9.17, 15) is 23.4 Å². The number of unbranched alkanes of at least 4 members (excludes halogenated alkanes) is 1. The highest BCUT2D eigenvalue weighted by Gasteiger charge is 2.45. The van der Waals surface area contributed by atoms with Gasteiger partial charge < -0.3 is 14.9 Å². The summed E-state index contributed by atoms with van der Waals surface area (Å²) in [5, 5.41) is 35.1. The molecule has 0 saturated heterocycles. The molecule has 4 rings (SSSR count). The fourth-order valence-corrected chi connectivity index (χ4v) is 5.20. The monoisotopic (exact) mass is 480 g/mol. The molecule has 1 aromatic heterocycles. The number of nitrogens with zero attached hydrogens (tertiary/aromatic N) is 3. The van der Waals surface area contributed by atoms with E-state index in [-0.39, 0.29) is 24.4 Å². The molecule has 1 aliphatic carbocycles. The summed E-state index contributed by atoms with van der Waals surface area (Å²) >= 11 is 0. The number of fused-ring (bicyclic) bond motifs is 2. The molecule has 2 aliphatic rings. The van der Waals surface area contributed by atoms with Crippen molar-refractivity contribution < 1.29 is 28.1 Å². The molecule has 34 heavy (non-hydrogen) atoms. The van der Waals surface area contributed by atoms with Crippen molar-refractivity contribution in [2.24, 2.45) is 17.8 Å². The Bertz CT molecular complexity index is 967. The smallest absolute Gasteiger partial charge is 0.394 e. The number of hydrogen-bond acceptors (Lipinski definition) is 6. The third-order valence-electron chi connectivity index (χ3n) is 7.05. The Labute approximate surface area is 196 Å². The summed E-state index contributed by atoms with van der Waals surface area (Å²) < 4.78 is 46.6. The normalized spacial score (nSPS) is 26.9. The Balaban J connectivity index is 1.50. The van der Waals surface area contributed by atoms with Gasteiger partial charge in [0.15, 0.2) is 0 Å². The lowest BCUT2D eigenvalue weighted by Crippen LogP contribution is -2.33. The Hall–Kier alpha value is -2.46. The van der Waals surface area contributed by atoms with Crippen molar-refractivity contribution in [2.75, 3.05) is 0 Å². The number of aromatic amines is 1. The van der Waals surface area contributed by atoms with Crippen LogP contribution in [0.3, 0.4) is 0 Å². The SMILES string of the molecule is CCCCC(C(O)/C=C/[C@@H]1[C@H]2CCCc3ccc(-c4nn[nH]n4)cc3O[C@H]2C[C@H]1O)C(F)(F)F. The van der Waals surface area contributed by atoms with Crippen LogP contribution < -0.4 is 4.74 Å². The van der Waals surface area contributed by atoms with Gasteiger partial charge in [0.25, 0.3) is 0 Å². The van der Waals surface area contributed by atoms with Crippen LogP contribution in [0.1, 0.15) is 51.0 Å². The van der Waals surface area contributed by atoms with Crippen LogP contribution in [0.4, 0.5) is 13.2 Å². The van der Waals surface area contributed by atoms with Crippen LogP contribution in [0, 0.1) is 17.8 Å². The first kappa shape index (κ1) is 24.7. The lowest BCUT2D eigenvalue weighted by atomic mass is 9.86. The van der Waals surface area contributed by atoms with Gasteiger partial charge in [-0.25, -0.2) is 0 Å². The van der Waals surface area contributed by atoms with Gasteiger partial charge in [-0.15, -0.1) is 10.2 Å². The first-order valence-corrected chi connectivity index (χ1v) is 11.9. The molecule has 2 unspecified atom stereocenters. The zero-order chi connectivity index (χ0) is 24.3. The van der Waals surface area contributed by atoms with Gasteiger partial charge in [-0.3, -0.25) is 0 Å². The predicted octanol–water partition coefficient (Wildman–Crippen LogP) is 4.23. The molecular weight excluding hydrogens is 449 g/mol. The minimum absolute atomic E-state index is 0.0552.